The van der Waals surface area contributed by atoms with Gasteiger partial charge in [0.25, 0.3) is 0 Å². The molecule has 0 aliphatic rings. The zero-order chi connectivity index (χ0) is 26.2. The van der Waals surface area contributed by atoms with Crippen molar-refractivity contribution in [1.82, 2.24) is 0 Å². The molecule has 4 nitrogen and oxygen atoms in total. The summed E-state index contributed by atoms with van der Waals surface area (Å²) in [5.74, 6) is -2.58. The maximum atomic E-state index is 14.8. The summed E-state index contributed by atoms with van der Waals surface area (Å²) in [4.78, 5) is 23.5. The van der Waals surface area contributed by atoms with Crippen LogP contribution in [-0.4, -0.2) is 11.9 Å². The van der Waals surface area contributed by atoms with E-state index in [0.717, 1.165) is 0 Å². The number of ether oxygens (including phenoxy) is 2. The summed E-state index contributed by atoms with van der Waals surface area (Å²) < 4.78 is 40.0. The zero-order valence-corrected chi connectivity index (χ0v) is 19.9. The van der Waals surface area contributed by atoms with Gasteiger partial charge in [-0.1, -0.05) is 79.9 Å². The first kappa shape index (κ1) is 26.0. The minimum Gasteiger partial charge on any atom is -0.423 e. The summed E-state index contributed by atoms with van der Waals surface area (Å²) in [5, 5.41) is 0. The topological polar surface area (TPSA) is 52.6 Å². The lowest BCUT2D eigenvalue weighted by atomic mass is 10.1. The van der Waals surface area contributed by atoms with E-state index in [4.69, 9.17) is 9.47 Å². The molecule has 182 valence electrons. The van der Waals surface area contributed by atoms with Gasteiger partial charge in [0, 0.05) is 27.8 Å². The van der Waals surface area contributed by atoms with E-state index in [2.05, 4.69) is 13.2 Å². The first-order valence-electron chi connectivity index (χ1n) is 10.9. The second kappa shape index (κ2) is 11.7. The van der Waals surface area contributed by atoms with Gasteiger partial charge in [0.15, 0.2) is 11.6 Å². The van der Waals surface area contributed by atoms with Crippen LogP contribution in [0.4, 0.5) is 8.78 Å². The van der Waals surface area contributed by atoms with Gasteiger partial charge in [-0.2, -0.15) is 0 Å². The van der Waals surface area contributed by atoms with Crippen LogP contribution in [0.2, 0.25) is 0 Å². The fourth-order valence-electron chi connectivity index (χ4n) is 2.98. The molecule has 3 aromatic carbocycles. The first-order chi connectivity index (χ1) is 17.2. The minimum atomic E-state index is -1.02. The van der Waals surface area contributed by atoms with E-state index in [1.54, 1.807) is 61.5 Å². The van der Waals surface area contributed by atoms with E-state index in [-0.39, 0.29) is 28.0 Å². The maximum Gasteiger partial charge on any atom is 0.338 e. The number of carbonyl (C=O) groups excluding carboxylic acids is 2. The Morgan fingerprint density at radius 2 is 1.25 bits per heavy atom. The Morgan fingerprint density at radius 1 is 0.694 bits per heavy atom. The Labute approximate surface area is 208 Å². The van der Waals surface area contributed by atoms with Gasteiger partial charge in [-0.3, -0.25) is 0 Å². The molecule has 0 N–H and O–H groups in total. The Balaban J connectivity index is 1.80. The molecule has 6 heteroatoms. The number of halogens is 2. The van der Waals surface area contributed by atoms with Crippen molar-refractivity contribution >= 4 is 36.2 Å². The van der Waals surface area contributed by atoms with Gasteiger partial charge in [-0.25, -0.2) is 18.4 Å². The molecular weight excluding hydrogens is 462 g/mol. The van der Waals surface area contributed by atoms with Crippen molar-refractivity contribution in [2.45, 2.75) is 13.8 Å². The predicted molar refractivity (Wildman–Crippen MR) is 138 cm³/mol. The van der Waals surface area contributed by atoms with Crippen LogP contribution in [-0.2, 0) is 9.59 Å². The summed E-state index contributed by atoms with van der Waals surface area (Å²) in [7, 11) is 0. The Kier molecular flexibility index (Phi) is 8.47. The highest BCUT2D eigenvalue weighted by molar-refractivity contribution is 5.90. The van der Waals surface area contributed by atoms with E-state index >= 15 is 0 Å². The lowest BCUT2D eigenvalue weighted by molar-refractivity contribution is -0.130. The number of rotatable bonds is 8. The summed E-state index contributed by atoms with van der Waals surface area (Å²) in [5.41, 5.74) is 1.73. The van der Waals surface area contributed by atoms with Crippen LogP contribution >= 0.6 is 0 Å². The fourth-order valence-corrected chi connectivity index (χ4v) is 2.98. The van der Waals surface area contributed by atoms with Crippen molar-refractivity contribution in [3.8, 4) is 11.5 Å². The smallest absolute Gasteiger partial charge is 0.338 e. The van der Waals surface area contributed by atoms with Gasteiger partial charge in [-0.15, -0.1) is 0 Å². The van der Waals surface area contributed by atoms with Crippen LogP contribution in [0.1, 0.15) is 36.1 Å². The average molecular weight is 487 g/mol. The largest absolute Gasteiger partial charge is 0.423 e. The van der Waals surface area contributed by atoms with Gasteiger partial charge in [0.05, 0.1) is 0 Å². The number of hydrogen-bond acceptors (Lipinski definition) is 4. The monoisotopic (exact) mass is 486 g/mol. The number of carbonyl (C=O) groups is 2. The van der Waals surface area contributed by atoms with E-state index < -0.39 is 23.6 Å². The normalized spacial score (nSPS) is 11.0. The van der Waals surface area contributed by atoms with Crippen molar-refractivity contribution in [2.24, 2.45) is 0 Å². The second-order valence-electron chi connectivity index (χ2n) is 7.99. The fraction of sp³-hybridized carbons (Fsp3) is 0.0667. The van der Waals surface area contributed by atoms with Crippen LogP contribution in [0.3, 0.4) is 0 Å². The van der Waals surface area contributed by atoms with Crippen molar-refractivity contribution in [3.63, 3.8) is 0 Å². The SMILES string of the molecule is C=C(C)C(=O)Oc1cccc(C=Cc2ccc(C=Cc3ccccc3OC(=O)C(=C)C)c(F)c2F)c1. The molecule has 0 unspecified atom stereocenters. The molecule has 3 aromatic rings. The van der Waals surface area contributed by atoms with Crippen LogP contribution in [0.25, 0.3) is 24.3 Å². The van der Waals surface area contributed by atoms with Crippen molar-refractivity contribution in [2.75, 3.05) is 0 Å². The molecule has 0 saturated carbocycles. The molecule has 0 radical (unpaired) electrons. The van der Waals surface area contributed by atoms with E-state index in [1.807, 2.05) is 0 Å². The molecule has 0 atom stereocenters. The Hall–Kier alpha value is -4.58. The van der Waals surface area contributed by atoms with Gasteiger partial charge in [0.2, 0.25) is 0 Å². The molecule has 0 amide bonds. The lowest BCUT2D eigenvalue weighted by Gasteiger charge is -2.07. The molecule has 0 heterocycles. The number of para-hydroxylation sites is 1. The Morgan fingerprint density at radius 3 is 1.89 bits per heavy atom. The highest BCUT2D eigenvalue weighted by Crippen LogP contribution is 2.25. The van der Waals surface area contributed by atoms with E-state index in [0.29, 0.717) is 16.9 Å². The van der Waals surface area contributed by atoms with E-state index in [1.165, 1.54) is 37.3 Å². The van der Waals surface area contributed by atoms with Crippen molar-refractivity contribution < 1.29 is 27.8 Å². The molecule has 3 rings (SSSR count). The summed E-state index contributed by atoms with van der Waals surface area (Å²) in [6.07, 6.45) is 5.94. The Bertz CT molecular complexity index is 1400. The lowest BCUT2D eigenvalue weighted by Crippen LogP contribution is -2.08. The summed E-state index contributed by atoms with van der Waals surface area (Å²) >= 11 is 0. The highest BCUT2D eigenvalue weighted by Gasteiger charge is 2.12. The molecule has 0 fully saturated rings. The molecule has 0 spiro atoms. The number of esters is 2. The zero-order valence-electron chi connectivity index (χ0n) is 19.9. The van der Waals surface area contributed by atoms with Gasteiger partial charge in [0.1, 0.15) is 11.5 Å². The van der Waals surface area contributed by atoms with Crippen LogP contribution < -0.4 is 9.47 Å². The standard InChI is InChI=1S/C30H24F2O4/c1-19(2)29(33)35-25-10-7-8-21(18-25)12-13-23-16-17-24(28(32)27(23)31)15-14-22-9-5-6-11-26(22)36-30(34)20(3)4/h5-18H,1,3H2,2,4H3. The minimum absolute atomic E-state index is 0.0272. The van der Waals surface area contributed by atoms with Crippen molar-refractivity contribution in [3.05, 3.63) is 119 Å². The molecule has 0 saturated heterocycles. The molecule has 0 aliphatic heterocycles. The molecule has 0 aliphatic carbocycles. The number of hydrogen-bond donors (Lipinski definition) is 0. The highest BCUT2D eigenvalue weighted by atomic mass is 19.2. The third-order valence-corrected chi connectivity index (χ3v) is 4.93. The number of benzene rings is 3. The van der Waals surface area contributed by atoms with E-state index in [9.17, 15) is 18.4 Å². The summed E-state index contributed by atoms with van der Waals surface area (Å²) in [6.45, 7) is 10.2. The maximum absolute atomic E-state index is 14.8. The van der Waals surface area contributed by atoms with Crippen molar-refractivity contribution in [1.29, 1.82) is 0 Å². The van der Waals surface area contributed by atoms with Crippen LogP contribution in [0.15, 0.2) is 85.0 Å². The van der Waals surface area contributed by atoms with Gasteiger partial charge in [-0.05, 0) is 37.6 Å². The molecule has 0 aromatic heterocycles. The van der Waals surface area contributed by atoms with Gasteiger partial charge >= 0.3 is 11.9 Å². The second-order valence-corrected chi connectivity index (χ2v) is 7.99. The van der Waals surface area contributed by atoms with Crippen LogP contribution in [0, 0.1) is 11.6 Å². The third-order valence-electron chi connectivity index (χ3n) is 4.93. The quantitative estimate of drug-likeness (QED) is 0.145. The van der Waals surface area contributed by atoms with Crippen LogP contribution in [0.5, 0.6) is 11.5 Å². The molecular formula is C30H24F2O4. The summed E-state index contributed by atoms with van der Waals surface area (Å²) in [6, 6.07) is 16.2. The average Bonchev–Trinajstić information content (AvgIpc) is 2.85. The third kappa shape index (κ3) is 6.73. The molecule has 0 bridgehead atoms. The molecule has 36 heavy (non-hydrogen) atoms. The van der Waals surface area contributed by atoms with Gasteiger partial charge < -0.3 is 9.47 Å². The predicted octanol–water partition coefficient (Wildman–Crippen LogP) is 7.27. The first-order valence-corrected chi connectivity index (χ1v) is 10.9.